The third-order valence-electron chi connectivity index (χ3n) is 2.40. The first-order chi connectivity index (χ1) is 8.72. The number of amides is 1. The molecule has 1 rings (SSSR count). The standard InChI is InChI=1S/C13H17N3OS/c1-3-15-13(17)7-8-16-11-5-4-6-12(18-2)10(11)9-14/h4-6,16H,3,7-8H2,1-2H3,(H,15,17). The van der Waals surface area contributed by atoms with Crippen molar-refractivity contribution in [2.45, 2.75) is 18.2 Å². The number of nitrogens with zero attached hydrogens (tertiary/aromatic N) is 1. The minimum Gasteiger partial charge on any atom is -0.383 e. The molecule has 0 aromatic heterocycles. The molecule has 0 heterocycles. The van der Waals surface area contributed by atoms with Gasteiger partial charge in [0.05, 0.1) is 11.3 Å². The van der Waals surface area contributed by atoms with E-state index in [2.05, 4.69) is 16.7 Å². The third-order valence-corrected chi connectivity index (χ3v) is 3.18. The molecule has 0 atom stereocenters. The third kappa shape index (κ3) is 3.97. The molecule has 0 bridgehead atoms. The highest BCUT2D eigenvalue weighted by molar-refractivity contribution is 7.98. The number of hydrogen-bond acceptors (Lipinski definition) is 4. The van der Waals surface area contributed by atoms with E-state index in [1.807, 2.05) is 31.4 Å². The van der Waals surface area contributed by atoms with Crippen molar-refractivity contribution in [3.63, 3.8) is 0 Å². The molecule has 1 aromatic rings. The van der Waals surface area contributed by atoms with Gasteiger partial charge in [0.2, 0.25) is 5.91 Å². The molecular weight excluding hydrogens is 246 g/mol. The van der Waals surface area contributed by atoms with Gasteiger partial charge in [-0.3, -0.25) is 4.79 Å². The molecule has 18 heavy (non-hydrogen) atoms. The number of thioether (sulfide) groups is 1. The Morgan fingerprint density at radius 1 is 1.50 bits per heavy atom. The SMILES string of the molecule is CCNC(=O)CCNc1cccc(SC)c1C#N. The highest BCUT2D eigenvalue weighted by Crippen LogP contribution is 2.26. The van der Waals surface area contributed by atoms with Crippen LogP contribution < -0.4 is 10.6 Å². The van der Waals surface area contributed by atoms with E-state index >= 15 is 0 Å². The highest BCUT2D eigenvalue weighted by Gasteiger charge is 2.07. The summed E-state index contributed by atoms with van der Waals surface area (Å²) in [5.74, 6) is 0.0181. The van der Waals surface area contributed by atoms with Crippen LogP contribution in [0, 0.1) is 11.3 Å². The number of nitrogens with one attached hydrogen (secondary N) is 2. The van der Waals surface area contributed by atoms with Crippen molar-refractivity contribution in [2.75, 3.05) is 24.7 Å². The van der Waals surface area contributed by atoms with Crippen LogP contribution >= 0.6 is 11.8 Å². The Kier molecular flexibility index (Phi) is 6.09. The number of rotatable bonds is 6. The van der Waals surface area contributed by atoms with Gasteiger partial charge in [-0.25, -0.2) is 0 Å². The molecule has 5 heteroatoms. The van der Waals surface area contributed by atoms with E-state index in [1.54, 1.807) is 11.8 Å². The fraction of sp³-hybridized carbons (Fsp3) is 0.385. The van der Waals surface area contributed by atoms with Crippen LogP contribution in [-0.4, -0.2) is 25.3 Å². The summed E-state index contributed by atoms with van der Waals surface area (Å²) in [6, 6.07) is 7.87. The molecule has 0 saturated heterocycles. The topological polar surface area (TPSA) is 64.9 Å². The van der Waals surface area contributed by atoms with Crippen LogP contribution in [0.15, 0.2) is 23.1 Å². The minimum atomic E-state index is 0.0181. The lowest BCUT2D eigenvalue weighted by atomic mass is 10.2. The fourth-order valence-electron chi connectivity index (χ4n) is 1.56. The molecule has 0 aliphatic heterocycles. The van der Waals surface area contributed by atoms with E-state index in [0.717, 1.165) is 10.6 Å². The number of carbonyl (C=O) groups is 1. The Bertz CT molecular complexity index is 454. The summed E-state index contributed by atoms with van der Waals surface area (Å²) in [6.45, 7) is 3.06. The summed E-state index contributed by atoms with van der Waals surface area (Å²) < 4.78 is 0. The van der Waals surface area contributed by atoms with Crippen LogP contribution in [0.5, 0.6) is 0 Å². The van der Waals surface area contributed by atoms with Gasteiger partial charge >= 0.3 is 0 Å². The molecule has 1 amide bonds. The maximum atomic E-state index is 11.3. The van der Waals surface area contributed by atoms with E-state index in [0.29, 0.717) is 25.1 Å². The zero-order valence-electron chi connectivity index (χ0n) is 10.6. The number of carbonyl (C=O) groups excluding carboxylic acids is 1. The first-order valence-corrected chi connectivity index (χ1v) is 7.03. The van der Waals surface area contributed by atoms with Crippen molar-refractivity contribution < 1.29 is 4.79 Å². The zero-order valence-corrected chi connectivity index (χ0v) is 11.4. The fourth-order valence-corrected chi connectivity index (χ4v) is 2.13. The van der Waals surface area contributed by atoms with Crippen molar-refractivity contribution in [3.8, 4) is 6.07 Å². The molecule has 0 spiro atoms. The van der Waals surface area contributed by atoms with E-state index in [-0.39, 0.29) is 5.91 Å². The van der Waals surface area contributed by atoms with Gasteiger partial charge in [0.25, 0.3) is 0 Å². The minimum absolute atomic E-state index is 0.0181. The maximum absolute atomic E-state index is 11.3. The second-order valence-electron chi connectivity index (χ2n) is 3.62. The summed E-state index contributed by atoms with van der Waals surface area (Å²) in [5, 5.41) is 15.0. The predicted molar refractivity (Wildman–Crippen MR) is 74.7 cm³/mol. The first kappa shape index (κ1) is 14.4. The molecule has 0 aliphatic rings. The van der Waals surface area contributed by atoms with E-state index < -0.39 is 0 Å². The van der Waals surface area contributed by atoms with Crippen molar-refractivity contribution in [3.05, 3.63) is 23.8 Å². The molecule has 2 N–H and O–H groups in total. The first-order valence-electron chi connectivity index (χ1n) is 5.80. The molecule has 4 nitrogen and oxygen atoms in total. The lowest BCUT2D eigenvalue weighted by molar-refractivity contribution is -0.120. The number of benzene rings is 1. The van der Waals surface area contributed by atoms with Crippen LogP contribution in [0.2, 0.25) is 0 Å². The second-order valence-corrected chi connectivity index (χ2v) is 4.47. The average molecular weight is 263 g/mol. The molecule has 0 radical (unpaired) electrons. The van der Waals surface area contributed by atoms with E-state index in [1.165, 1.54) is 0 Å². The van der Waals surface area contributed by atoms with Crippen molar-refractivity contribution >= 4 is 23.4 Å². The van der Waals surface area contributed by atoms with Gasteiger partial charge in [-0.1, -0.05) is 6.07 Å². The maximum Gasteiger partial charge on any atom is 0.221 e. The summed E-state index contributed by atoms with van der Waals surface area (Å²) >= 11 is 1.54. The lowest BCUT2D eigenvalue weighted by Crippen LogP contribution is -2.24. The predicted octanol–water partition coefficient (Wildman–Crippen LogP) is 2.22. The van der Waals surface area contributed by atoms with Gasteiger partial charge < -0.3 is 10.6 Å². The number of nitriles is 1. The van der Waals surface area contributed by atoms with E-state index in [4.69, 9.17) is 5.26 Å². The number of anilines is 1. The van der Waals surface area contributed by atoms with Crippen molar-refractivity contribution in [1.82, 2.24) is 5.32 Å². The summed E-state index contributed by atoms with van der Waals surface area (Å²) in [4.78, 5) is 12.2. The monoisotopic (exact) mass is 263 g/mol. The summed E-state index contributed by atoms with van der Waals surface area (Å²) in [7, 11) is 0. The van der Waals surface area contributed by atoms with Gasteiger partial charge in [0.1, 0.15) is 6.07 Å². The smallest absolute Gasteiger partial charge is 0.221 e. The number of hydrogen-bond donors (Lipinski definition) is 2. The molecule has 1 aromatic carbocycles. The Balaban J connectivity index is 2.63. The zero-order chi connectivity index (χ0) is 13.4. The molecule has 0 unspecified atom stereocenters. The van der Waals surface area contributed by atoms with Gasteiger partial charge in [-0.15, -0.1) is 11.8 Å². The van der Waals surface area contributed by atoms with Crippen LogP contribution in [0.1, 0.15) is 18.9 Å². The largest absolute Gasteiger partial charge is 0.383 e. The average Bonchev–Trinajstić information content (AvgIpc) is 2.38. The lowest BCUT2D eigenvalue weighted by Gasteiger charge is -2.10. The quantitative estimate of drug-likeness (QED) is 0.772. The Morgan fingerprint density at radius 2 is 2.28 bits per heavy atom. The molecule has 0 aliphatic carbocycles. The van der Waals surface area contributed by atoms with Crippen LogP contribution in [0.4, 0.5) is 5.69 Å². The van der Waals surface area contributed by atoms with Crippen LogP contribution in [0.3, 0.4) is 0 Å². The van der Waals surface area contributed by atoms with Crippen molar-refractivity contribution in [1.29, 1.82) is 5.26 Å². The Labute approximate surface area is 112 Å². The van der Waals surface area contributed by atoms with Gasteiger partial charge in [0.15, 0.2) is 0 Å². The van der Waals surface area contributed by atoms with Gasteiger partial charge in [-0.2, -0.15) is 5.26 Å². The molecule has 96 valence electrons. The normalized spacial score (nSPS) is 9.61. The van der Waals surface area contributed by atoms with Crippen molar-refractivity contribution in [2.24, 2.45) is 0 Å². The highest BCUT2D eigenvalue weighted by atomic mass is 32.2. The molecule has 0 fully saturated rings. The molecule has 0 saturated carbocycles. The van der Waals surface area contributed by atoms with Gasteiger partial charge in [-0.05, 0) is 25.3 Å². The van der Waals surface area contributed by atoms with E-state index in [9.17, 15) is 4.79 Å². The summed E-state index contributed by atoms with van der Waals surface area (Å²) in [6.07, 6.45) is 2.34. The van der Waals surface area contributed by atoms with Crippen LogP contribution in [-0.2, 0) is 4.79 Å². The second kappa shape index (κ2) is 7.62. The summed E-state index contributed by atoms with van der Waals surface area (Å²) in [5.41, 5.74) is 1.43. The molecular formula is C13H17N3OS. The Morgan fingerprint density at radius 3 is 2.89 bits per heavy atom. The van der Waals surface area contributed by atoms with Gasteiger partial charge in [0, 0.05) is 24.4 Å². The Hall–Kier alpha value is -1.67. The van der Waals surface area contributed by atoms with Crippen LogP contribution in [0.25, 0.3) is 0 Å².